The SMILES string of the molecule is CC1CCCN(CCCNC(=O)C=Cc2ccc3c(c2)CCO3)C1. The average molecular weight is 328 g/mol. The number of fused-ring (bicyclic) bond motifs is 1. The van der Waals surface area contributed by atoms with Gasteiger partial charge >= 0.3 is 0 Å². The van der Waals surface area contributed by atoms with E-state index in [4.69, 9.17) is 4.74 Å². The first-order valence-electron chi connectivity index (χ1n) is 9.15. The first kappa shape index (κ1) is 17.0. The highest BCUT2D eigenvalue weighted by atomic mass is 16.5. The van der Waals surface area contributed by atoms with Crippen LogP contribution in [0.2, 0.25) is 0 Å². The highest BCUT2D eigenvalue weighted by molar-refractivity contribution is 5.91. The van der Waals surface area contributed by atoms with Crippen molar-refractivity contribution in [3.63, 3.8) is 0 Å². The van der Waals surface area contributed by atoms with Gasteiger partial charge in [0.15, 0.2) is 0 Å². The number of hydrogen-bond acceptors (Lipinski definition) is 3. The molecule has 1 amide bonds. The van der Waals surface area contributed by atoms with Gasteiger partial charge in [0.2, 0.25) is 5.91 Å². The Balaban J connectivity index is 1.36. The van der Waals surface area contributed by atoms with Gasteiger partial charge in [-0.3, -0.25) is 4.79 Å². The van der Waals surface area contributed by atoms with Crippen molar-refractivity contribution < 1.29 is 9.53 Å². The summed E-state index contributed by atoms with van der Waals surface area (Å²) in [5.74, 6) is 1.77. The minimum Gasteiger partial charge on any atom is -0.493 e. The van der Waals surface area contributed by atoms with Crippen LogP contribution in [-0.4, -0.2) is 43.6 Å². The van der Waals surface area contributed by atoms with E-state index in [2.05, 4.69) is 23.2 Å². The molecule has 2 aliphatic rings. The van der Waals surface area contributed by atoms with Gasteiger partial charge in [-0.2, -0.15) is 0 Å². The molecular weight excluding hydrogens is 300 g/mol. The number of ether oxygens (including phenoxy) is 1. The number of benzene rings is 1. The van der Waals surface area contributed by atoms with Gasteiger partial charge in [0.25, 0.3) is 0 Å². The molecule has 0 aromatic heterocycles. The molecule has 0 aliphatic carbocycles. The molecule has 0 spiro atoms. The maximum atomic E-state index is 11.9. The third-order valence-electron chi connectivity index (χ3n) is 4.83. The molecule has 1 fully saturated rings. The Morgan fingerprint density at radius 2 is 2.38 bits per heavy atom. The summed E-state index contributed by atoms with van der Waals surface area (Å²) in [4.78, 5) is 14.4. The topological polar surface area (TPSA) is 41.6 Å². The Bertz CT molecular complexity index is 597. The van der Waals surface area contributed by atoms with Crippen molar-refractivity contribution in [3.05, 3.63) is 35.4 Å². The monoisotopic (exact) mass is 328 g/mol. The highest BCUT2D eigenvalue weighted by Gasteiger charge is 2.15. The van der Waals surface area contributed by atoms with Crippen LogP contribution in [0.4, 0.5) is 0 Å². The molecule has 1 saturated heterocycles. The predicted molar refractivity (Wildman–Crippen MR) is 97.1 cm³/mol. The van der Waals surface area contributed by atoms with Gasteiger partial charge in [-0.25, -0.2) is 0 Å². The summed E-state index contributed by atoms with van der Waals surface area (Å²) < 4.78 is 5.49. The van der Waals surface area contributed by atoms with Gasteiger partial charge < -0.3 is 15.0 Å². The zero-order valence-corrected chi connectivity index (χ0v) is 14.6. The third-order valence-corrected chi connectivity index (χ3v) is 4.83. The van der Waals surface area contributed by atoms with Gasteiger partial charge in [-0.15, -0.1) is 0 Å². The molecule has 24 heavy (non-hydrogen) atoms. The van der Waals surface area contributed by atoms with Gasteiger partial charge in [-0.1, -0.05) is 13.0 Å². The van der Waals surface area contributed by atoms with Crippen LogP contribution in [0.3, 0.4) is 0 Å². The van der Waals surface area contributed by atoms with Crippen LogP contribution in [0.5, 0.6) is 5.75 Å². The summed E-state index contributed by atoms with van der Waals surface area (Å²) in [5, 5.41) is 2.98. The molecular formula is C20H28N2O2. The molecule has 130 valence electrons. The van der Waals surface area contributed by atoms with Crippen molar-refractivity contribution in [2.75, 3.05) is 32.8 Å². The van der Waals surface area contributed by atoms with E-state index in [9.17, 15) is 4.79 Å². The second-order valence-corrected chi connectivity index (χ2v) is 6.99. The lowest BCUT2D eigenvalue weighted by Gasteiger charge is -2.30. The lowest BCUT2D eigenvalue weighted by atomic mass is 10.0. The first-order valence-corrected chi connectivity index (χ1v) is 9.15. The van der Waals surface area contributed by atoms with E-state index in [1.807, 2.05) is 18.2 Å². The van der Waals surface area contributed by atoms with Crippen LogP contribution in [0, 0.1) is 5.92 Å². The van der Waals surface area contributed by atoms with Crippen LogP contribution in [0.1, 0.15) is 37.3 Å². The molecule has 4 heteroatoms. The van der Waals surface area contributed by atoms with Crippen molar-refractivity contribution >= 4 is 12.0 Å². The lowest BCUT2D eigenvalue weighted by molar-refractivity contribution is -0.116. The molecule has 2 heterocycles. The zero-order chi connectivity index (χ0) is 16.8. The van der Waals surface area contributed by atoms with E-state index >= 15 is 0 Å². The number of likely N-dealkylation sites (tertiary alicyclic amines) is 1. The lowest BCUT2D eigenvalue weighted by Crippen LogP contribution is -2.36. The summed E-state index contributed by atoms with van der Waals surface area (Å²) in [6, 6.07) is 6.08. The van der Waals surface area contributed by atoms with Crippen molar-refractivity contribution in [2.24, 2.45) is 5.92 Å². The normalized spacial score (nSPS) is 20.8. The number of carbonyl (C=O) groups excluding carboxylic acids is 1. The highest BCUT2D eigenvalue weighted by Crippen LogP contribution is 2.26. The van der Waals surface area contributed by atoms with E-state index in [0.29, 0.717) is 0 Å². The van der Waals surface area contributed by atoms with Crippen molar-refractivity contribution in [2.45, 2.75) is 32.6 Å². The molecule has 1 aromatic rings. The Hall–Kier alpha value is -1.81. The van der Waals surface area contributed by atoms with Crippen LogP contribution >= 0.6 is 0 Å². The van der Waals surface area contributed by atoms with E-state index in [-0.39, 0.29) is 5.91 Å². The Morgan fingerprint density at radius 3 is 3.25 bits per heavy atom. The molecule has 1 aromatic carbocycles. The van der Waals surface area contributed by atoms with Crippen molar-refractivity contribution in [1.29, 1.82) is 0 Å². The summed E-state index contributed by atoms with van der Waals surface area (Å²) in [7, 11) is 0. The van der Waals surface area contributed by atoms with Crippen LogP contribution in [0.25, 0.3) is 6.08 Å². The molecule has 3 rings (SSSR count). The smallest absolute Gasteiger partial charge is 0.243 e. The maximum absolute atomic E-state index is 11.9. The van der Waals surface area contributed by atoms with E-state index < -0.39 is 0 Å². The number of hydrogen-bond donors (Lipinski definition) is 1. The molecule has 1 atom stereocenters. The Labute approximate surface area is 144 Å². The van der Waals surface area contributed by atoms with Gasteiger partial charge in [0.05, 0.1) is 6.61 Å². The minimum absolute atomic E-state index is 0.0150. The summed E-state index contributed by atoms with van der Waals surface area (Å²) in [5.41, 5.74) is 2.28. The molecule has 1 N–H and O–H groups in total. The molecule has 0 bridgehead atoms. The summed E-state index contributed by atoms with van der Waals surface area (Å²) in [6.07, 6.45) is 8.14. The van der Waals surface area contributed by atoms with Gasteiger partial charge in [0.1, 0.15) is 5.75 Å². The van der Waals surface area contributed by atoms with Crippen LogP contribution in [-0.2, 0) is 11.2 Å². The number of rotatable bonds is 6. The summed E-state index contributed by atoms with van der Waals surface area (Å²) in [6.45, 7) is 7.32. The predicted octanol–water partition coefficient (Wildman–Crippen LogP) is 2.87. The van der Waals surface area contributed by atoms with Crippen LogP contribution in [0.15, 0.2) is 24.3 Å². The molecule has 4 nitrogen and oxygen atoms in total. The first-order chi connectivity index (χ1) is 11.7. The van der Waals surface area contributed by atoms with Crippen molar-refractivity contribution in [3.8, 4) is 5.75 Å². The second-order valence-electron chi connectivity index (χ2n) is 6.99. The summed E-state index contributed by atoms with van der Waals surface area (Å²) >= 11 is 0. The number of carbonyl (C=O) groups is 1. The Morgan fingerprint density at radius 1 is 1.46 bits per heavy atom. The van der Waals surface area contributed by atoms with E-state index in [0.717, 1.165) is 49.8 Å². The minimum atomic E-state index is -0.0150. The largest absolute Gasteiger partial charge is 0.493 e. The fourth-order valence-electron chi connectivity index (χ4n) is 3.55. The molecule has 0 radical (unpaired) electrons. The van der Waals surface area contributed by atoms with Gasteiger partial charge in [-0.05, 0) is 67.6 Å². The molecule has 0 saturated carbocycles. The van der Waals surface area contributed by atoms with Crippen molar-refractivity contribution in [1.82, 2.24) is 10.2 Å². The number of nitrogens with zero attached hydrogens (tertiary/aromatic N) is 1. The average Bonchev–Trinajstić information content (AvgIpc) is 3.05. The van der Waals surface area contributed by atoms with E-state index in [1.165, 1.54) is 31.5 Å². The fraction of sp³-hybridized carbons (Fsp3) is 0.550. The number of nitrogens with one attached hydrogen (secondary N) is 1. The molecule has 2 aliphatic heterocycles. The number of piperidine rings is 1. The van der Waals surface area contributed by atoms with E-state index in [1.54, 1.807) is 6.08 Å². The third kappa shape index (κ3) is 4.84. The quantitative estimate of drug-likeness (QED) is 0.645. The second kappa shape index (κ2) is 8.34. The van der Waals surface area contributed by atoms with Crippen LogP contribution < -0.4 is 10.1 Å². The maximum Gasteiger partial charge on any atom is 0.243 e. The number of amides is 1. The van der Waals surface area contributed by atoms with Gasteiger partial charge in [0, 0.05) is 25.6 Å². The standard InChI is InChI=1S/C20H28N2O2/c1-16-4-2-11-22(15-16)12-3-10-21-20(23)8-6-17-5-7-19-18(14-17)9-13-24-19/h5-8,14,16H,2-4,9-13,15H2,1H3,(H,21,23). The fourth-order valence-corrected chi connectivity index (χ4v) is 3.55. The Kier molecular flexibility index (Phi) is 5.91. The zero-order valence-electron chi connectivity index (χ0n) is 14.6. The molecule has 1 unspecified atom stereocenters.